The second-order valence-corrected chi connectivity index (χ2v) is 3.53. The van der Waals surface area contributed by atoms with Gasteiger partial charge in [-0.25, -0.2) is 19.2 Å². The zero-order chi connectivity index (χ0) is 13.1. The molecular weight excluding hydrogens is 239 g/mol. The minimum Gasteiger partial charge on any atom is -0.476 e. The van der Waals surface area contributed by atoms with Crippen LogP contribution in [0.4, 0.5) is 4.39 Å². The molecule has 0 radical (unpaired) electrons. The minimum absolute atomic E-state index is 0.168. The second-order valence-electron chi connectivity index (χ2n) is 3.53. The highest BCUT2D eigenvalue weighted by Gasteiger charge is 2.15. The second kappa shape index (κ2) is 4.79. The highest BCUT2D eigenvalue weighted by Crippen LogP contribution is 2.23. The quantitative estimate of drug-likeness (QED) is 0.902. The van der Waals surface area contributed by atoms with Crippen molar-refractivity contribution in [3.63, 3.8) is 0 Å². The molecule has 0 fully saturated rings. The Hall–Kier alpha value is -2.50. The van der Waals surface area contributed by atoms with Crippen LogP contribution in [0.3, 0.4) is 0 Å². The van der Waals surface area contributed by atoms with Crippen molar-refractivity contribution in [1.29, 1.82) is 0 Å². The fraction of sp³-hybridized carbons (Fsp3) is 0.0833. The largest absolute Gasteiger partial charge is 0.476 e. The van der Waals surface area contributed by atoms with E-state index in [0.717, 1.165) is 6.07 Å². The number of hydrogen-bond donors (Lipinski definition) is 1. The number of hydrogen-bond acceptors (Lipinski definition) is 4. The van der Waals surface area contributed by atoms with Crippen molar-refractivity contribution in [2.75, 3.05) is 0 Å². The van der Waals surface area contributed by atoms with E-state index in [1.54, 1.807) is 6.92 Å². The zero-order valence-corrected chi connectivity index (χ0v) is 9.42. The van der Waals surface area contributed by atoms with Crippen LogP contribution in [0.25, 0.3) is 0 Å². The van der Waals surface area contributed by atoms with Gasteiger partial charge in [0.1, 0.15) is 11.6 Å². The maximum absolute atomic E-state index is 13.3. The van der Waals surface area contributed by atoms with E-state index >= 15 is 0 Å². The van der Waals surface area contributed by atoms with E-state index in [1.165, 1.54) is 24.5 Å². The van der Waals surface area contributed by atoms with Gasteiger partial charge in [-0.2, -0.15) is 0 Å². The van der Waals surface area contributed by atoms with Gasteiger partial charge < -0.3 is 9.84 Å². The Bertz CT molecular complexity index is 602. The van der Waals surface area contributed by atoms with Crippen molar-refractivity contribution in [2.24, 2.45) is 0 Å². The predicted octanol–water partition coefficient (Wildman–Crippen LogP) is 2.41. The number of carbonyl (C=O) groups is 1. The Morgan fingerprint density at radius 1 is 1.33 bits per heavy atom. The molecule has 1 aromatic heterocycles. The average Bonchev–Trinajstić information content (AvgIpc) is 2.34. The smallest absolute Gasteiger partial charge is 0.360 e. The molecular formula is C12H9FN2O3. The first kappa shape index (κ1) is 12.0. The van der Waals surface area contributed by atoms with E-state index in [0.29, 0.717) is 5.56 Å². The Morgan fingerprint density at radius 3 is 2.72 bits per heavy atom. The number of nitrogens with zero attached hydrogens (tertiary/aromatic N) is 2. The fourth-order valence-corrected chi connectivity index (χ4v) is 1.30. The van der Waals surface area contributed by atoms with Crippen LogP contribution >= 0.6 is 0 Å². The molecule has 92 valence electrons. The van der Waals surface area contributed by atoms with E-state index in [4.69, 9.17) is 9.84 Å². The van der Waals surface area contributed by atoms with Crippen LogP contribution in [0.5, 0.6) is 11.6 Å². The summed E-state index contributed by atoms with van der Waals surface area (Å²) in [6.45, 7) is 1.62. The van der Waals surface area contributed by atoms with E-state index < -0.39 is 11.8 Å². The summed E-state index contributed by atoms with van der Waals surface area (Å²) < 4.78 is 18.5. The summed E-state index contributed by atoms with van der Waals surface area (Å²) in [5.41, 5.74) is 0.151. The summed E-state index contributed by atoms with van der Waals surface area (Å²) in [5.74, 6) is -1.70. The zero-order valence-electron chi connectivity index (χ0n) is 9.42. The first-order chi connectivity index (χ1) is 8.58. The molecule has 6 heteroatoms. The lowest BCUT2D eigenvalue weighted by Crippen LogP contribution is -2.04. The van der Waals surface area contributed by atoms with Gasteiger partial charge in [0.2, 0.25) is 5.69 Å². The Labute approximate surface area is 102 Å². The lowest BCUT2D eigenvalue weighted by Gasteiger charge is -2.07. The molecule has 1 heterocycles. The third kappa shape index (κ3) is 2.42. The third-order valence-corrected chi connectivity index (χ3v) is 2.23. The van der Waals surface area contributed by atoms with E-state index in [9.17, 15) is 9.18 Å². The van der Waals surface area contributed by atoms with Crippen molar-refractivity contribution >= 4 is 5.97 Å². The number of aromatic nitrogens is 2. The summed E-state index contributed by atoms with van der Waals surface area (Å²) in [6.07, 6.45) is 2.54. The lowest BCUT2D eigenvalue weighted by molar-refractivity contribution is 0.0686. The van der Waals surface area contributed by atoms with Crippen LogP contribution in [-0.2, 0) is 0 Å². The number of halogens is 1. The molecule has 1 aromatic carbocycles. The van der Waals surface area contributed by atoms with E-state index in [-0.39, 0.29) is 17.3 Å². The molecule has 0 aliphatic carbocycles. The predicted molar refractivity (Wildman–Crippen MR) is 60.2 cm³/mol. The monoisotopic (exact) mass is 248 g/mol. The first-order valence-corrected chi connectivity index (χ1v) is 5.06. The highest BCUT2D eigenvalue weighted by molar-refractivity contribution is 5.87. The van der Waals surface area contributed by atoms with Gasteiger partial charge in [-0.05, 0) is 18.6 Å². The molecule has 2 rings (SSSR count). The van der Waals surface area contributed by atoms with Crippen LogP contribution in [0.1, 0.15) is 16.1 Å². The van der Waals surface area contributed by atoms with Crippen LogP contribution < -0.4 is 4.74 Å². The SMILES string of the molecule is Cc1ccc(Oc2nccnc2C(=O)O)cc1F. The fourth-order valence-electron chi connectivity index (χ4n) is 1.30. The first-order valence-electron chi connectivity index (χ1n) is 5.06. The van der Waals surface area contributed by atoms with Crippen LogP contribution in [-0.4, -0.2) is 21.0 Å². The van der Waals surface area contributed by atoms with Crippen molar-refractivity contribution in [3.05, 3.63) is 47.7 Å². The Kier molecular flexibility index (Phi) is 3.18. The van der Waals surface area contributed by atoms with Crippen molar-refractivity contribution in [3.8, 4) is 11.6 Å². The lowest BCUT2D eigenvalue weighted by atomic mass is 10.2. The number of ether oxygens (including phenoxy) is 1. The Morgan fingerprint density at radius 2 is 2.06 bits per heavy atom. The summed E-state index contributed by atoms with van der Waals surface area (Å²) in [4.78, 5) is 18.3. The van der Waals surface area contributed by atoms with Crippen LogP contribution in [0.15, 0.2) is 30.6 Å². The number of carboxylic acids is 1. The normalized spacial score (nSPS) is 10.1. The van der Waals surface area contributed by atoms with Crippen molar-refractivity contribution < 1.29 is 19.0 Å². The molecule has 0 aliphatic heterocycles. The van der Waals surface area contributed by atoms with Gasteiger partial charge in [-0.1, -0.05) is 6.07 Å². The van der Waals surface area contributed by atoms with E-state index in [2.05, 4.69) is 9.97 Å². The van der Waals surface area contributed by atoms with Gasteiger partial charge in [-0.3, -0.25) is 0 Å². The topological polar surface area (TPSA) is 72.3 Å². The standard InChI is InChI=1S/C12H9FN2O3/c1-7-2-3-8(6-9(7)13)18-11-10(12(16)17)14-4-5-15-11/h2-6H,1H3,(H,16,17). The van der Waals surface area contributed by atoms with Gasteiger partial charge in [0.15, 0.2) is 0 Å². The van der Waals surface area contributed by atoms with Crippen molar-refractivity contribution in [1.82, 2.24) is 9.97 Å². The summed E-state index contributed by atoms with van der Waals surface area (Å²) >= 11 is 0. The van der Waals surface area contributed by atoms with Crippen LogP contribution in [0, 0.1) is 12.7 Å². The van der Waals surface area contributed by atoms with Gasteiger partial charge in [0, 0.05) is 18.5 Å². The molecule has 0 atom stereocenters. The maximum atomic E-state index is 13.3. The van der Waals surface area contributed by atoms with E-state index in [1.807, 2.05) is 0 Å². The number of carboxylic acid groups (broad SMARTS) is 1. The highest BCUT2D eigenvalue weighted by atomic mass is 19.1. The molecule has 5 nitrogen and oxygen atoms in total. The third-order valence-electron chi connectivity index (χ3n) is 2.23. The number of aromatic carboxylic acids is 1. The molecule has 2 aromatic rings. The molecule has 0 spiro atoms. The van der Waals surface area contributed by atoms with Gasteiger partial charge in [0.25, 0.3) is 5.88 Å². The molecule has 0 aliphatic rings. The van der Waals surface area contributed by atoms with Gasteiger partial charge in [0.05, 0.1) is 0 Å². The number of rotatable bonds is 3. The molecule has 0 bridgehead atoms. The number of benzene rings is 1. The summed E-state index contributed by atoms with van der Waals surface area (Å²) in [6, 6.07) is 4.22. The molecule has 1 N–H and O–H groups in total. The minimum atomic E-state index is -1.26. The maximum Gasteiger partial charge on any atom is 0.360 e. The average molecular weight is 248 g/mol. The summed E-state index contributed by atoms with van der Waals surface area (Å²) in [7, 11) is 0. The molecule has 0 unspecified atom stereocenters. The molecule has 0 saturated heterocycles. The number of aryl methyl sites for hydroxylation is 1. The van der Waals surface area contributed by atoms with Crippen LogP contribution in [0.2, 0.25) is 0 Å². The molecule has 18 heavy (non-hydrogen) atoms. The summed E-state index contributed by atoms with van der Waals surface area (Å²) in [5, 5.41) is 8.89. The van der Waals surface area contributed by atoms with Crippen molar-refractivity contribution in [2.45, 2.75) is 6.92 Å². The molecule has 0 amide bonds. The molecule has 0 saturated carbocycles. The Balaban J connectivity index is 2.34. The van der Waals surface area contributed by atoms with Gasteiger partial charge in [-0.15, -0.1) is 0 Å². The van der Waals surface area contributed by atoms with Gasteiger partial charge >= 0.3 is 5.97 Å².